The predicted molar refractivity (Wildman–Crippen MR) is 163 cm³/mol. The predicted octanol–water partition coefficient (Wildman–Crippen LogP) is 2.76. The molecule has 6 rings (SSSR count). The van der Waals surface area contributed by atoms with Gasteiger partial charge in [-0.25, -0.2) is 0 Å². The van der Waals surface area contributed by atoms with Crippen LogP contribution in [0.4, 0.5) is 0 Å². The van der Waals surface area contributed by atoms with Crippen molar-refractivity contribution >= 4 is 18.3 Å². The van der Waals surface area contributed by atoms with Crippen LogP contribution in [0.15, 0.2) is 0 Å². The Labute approximate surface area is 251 Å². The third-order valence-electron chi connectivity index (χ3n) is 10.8. The minimum atomic E-state index is -2.09. The minimum absolute atomic E-state index is 0. The maximum atomic E-state index is 8.43. The molecule has 0 aromatic carbocycles. The Balaban J connectivity index is 0.00000308. The molecule has 39 heavy (non-hydrogen) atoms. The molecule has 9 heteroatoms. The first-order chi connectivity index (χ1) is 18.7. The van der Waals surface area contributed by atoms with E-state index in [2.05, 4.69) is 28.7 Å². The molecule has 0 radical (unpaired) electrons. The van der Waals surface area contributed by atoms with Gasteiger partial charge in [-0.3, -0.25) is 0 Å². The fraction of sp³-hybridized carbons (Fsp3) is 1.00. The molecule has 0 aliphatic carbocycles. The van der Waals surface area contributed by atoms with E-state index in [0.717, 1.165) is 0 Å². The SMILES string of the molecule is Cl[P+](N1CCC[C@H]1CN1CCCCC1)(N1CCC[C@H]1CN1CCCCC1)N1CCC[C@H]1CN1CCCCC1.[Cl-]. The van der Waals surface area contributed by atoms with Crippen LogP contribution in [0.25, 0.3) is 0 Å². The van der Waals surface area contributed by atoms with Gasteiger partial charge in [-0.1, -0.05) is 19.3 Å². The third-order valence-corrected chi connectivity index (χ3v) is 16.1. The Morgan fingerprint density at radius 3 is 0.974 bits per heavy atom. The number of likely N-dealkylation sites (tertiary alicyclic amines) is 3. The number of hydrogen-bond donors (Lipinski definition) is 0. The summed E-state index contributed by atoms with van der Waals surface area (Å²) < 4.78 is 8.85. The Kier molecular flexibility index (Phi) is 12.0. The molecule has 0 amide bonds. The van der Waals surface area contributed by atoms with Crippen molar-refractivity contribution in [2.75, 3.05) is 78.5 Å². The van der Waals surface area contributed by atoms with Crippen molar-refractivity contribution in [1.82, 2.24) is 28.7 Å². The molecule has 3 atom stereocenters. The monoisotopic (exact) mass is 602 g/mol. The van der Waals surface area contributed by atoms with Crippen LogP contribution in [-0.4, -0.2) is 125 Å². The molecule has 0 bridgehead atoms. The minimum Gasteiger partial charge on any atom is -1.00 e. The van der Waals surface area contributed by atoms with Crippen molar-refractivity contribution in [3.8, 4) is 0 Å². The molecule has 226 valence electrons. The highest BCUT2D eigenvalue weighted by Gasteiger charge is 2.64. The van der Waals surface area contributed by atoms with Gasteiger partial charge in [-0.05, 0) is 116 Å². The lowest BCUT2D eigenvalue weighted by molar-refractivity contribution is -0.00000851. The van der Waals surface area contributed by atoms with E-state index in [0.29, 0.717) is 18.1 Å². The van der Waals surface area contributed by atoms with Gasteiger partial charge >= 0.3 is 7.07 Å². The largest absolute Gasteiger partial charge is 1.00 e. The van der Waals surface area contributed by atoms with Gasteiger partial charge in [-0.2, -0.15) is 0 Å². The van der Waals surface area contributed by atoms with Crippen molar-refractivity contribution in [1.29, 1.82) is 0 Å². The summed E-state index contributed by atoms with van der Waals surface area (Å²) in [5.74, 6) is 0. The van der Waals surface area contributed by atoms with E-state index in [4.69, 9.17) is 11.2 Å². The average Bonchev–Trinajstić information content (AvgIpc) is 3.72. The molecule has 0 spiro atoms. The lowest BCUT2D eigenvalue weighted by atomic mass is 10.1. The van der Waals surface area contributed by atoms with E-state index in [9.17, 15) is 0 Å². The number of hydrogen-bond acceptors (Lipinski definition) is 6. The quantitative estimate of drug-likeness (QED) is 0.375. The van der Waals surface area contributed by atoms with Crippen molar-refractivity contribution in [3.05, 3.63) is 0 Å². The highest BCUT2D eigenvalue weighted by molar-refractivity contribution is 7.93. The van der Waals surface area contributed by atoms with E-state index in [1.807, 2.05) is 0 Å². The molecule has 6 aliphatic heterocycles. The fourth-order valence-corrected chi connectivity index (χ4v) is 14.5. The molecule has 6 saturated heterocycles. The molecule has 0 saturated carbocycles. The lowest BCUT2D eigenvalue weighted by Gasteiger charge is -2.46. The molecule has 6 heterocycles. The first-order valence-corrected chi connectivity index (χ1v) is 19.3. The van der Waals surface area contributed by atoms with Crippen LogP contribution in [0.5, 0.6) is 0 Å². The van der Waals surface area contributed by atoms with Crippen LogP contribution in [-0.2, 0) is 0 Å². The Morgan fingerprint density at radius 2 is 0.692 bits per heavy atom. The fourth-order valence-electron chi connectivity index (χ4n) is 8.79. The number of halogens is 2. The topological polar surface area (TPSA) is 19.4 Å². The zero-order valence-electron chi connectivity index (χ0n) is 24.7. The van der Waals surface area contributed by atoms with Gasteiger partial charge in [0, 0.05) is 39.3 Å². The van der Waals surface area contributed by atoms with Crippen LogP contribution < -0.4 is 12.4 Å². The van der Waals surface area contributed by atoms with Crippen molar-refractivity contribution in [2.24, 2.45) is 0 Å². The molecular weight excluding hydrogens is 546 g/mol. The Morgan fingerprint density at radius 1 is 0.410 bits per heavy atom. The highest BCUT2D eigenvalue weighted by Crippen LogP contribution is 2.76. The van der Waals surface area contributed by atoms with Crippen LogP contribution in [0, 0.1) is 0 Å². The van der Waals surface area contributed by atoms with Crippen LogP contribution in [0.2, 0.25) is 0 Å². The zero-order valence-corrected chi connectivity index (χ0v) is 27.1. The number of nitrogens with zero attached hydrogens (tertiary/aromatic N) is 6. The van der Waals surface area contributed by atoms with Gasteiger partial charge < -0.3 is 27.1 Å². The van der Waals surface area contributed by atoms with Crippen molar-refractivity contribution in [3.63, 3.8) is 0 Å². The molecule has 0 aromatic rings. The summed E-state index contributed by atoms with van der Waals surface area (Å²) in [7, 11) is -2.09. The summed E-state index contributed by atoms with van der Waals surface area (Å²) in [6.45, 7) is 15.3. The lowest BCUT2D eigenvalue weighted by Crippen LogP contribution is -3.00. The Bertz CT molecular complexity index is 637. The highest BCUT2D eigenvalue weighted by atomic mass is 35.7. The summed E-state index contributed by atoms with van der Waals surface area (Å²) in [6.07, 6.45) is 20.7. The molecule has 0 unspecified atom stereocenters. The summed E-state index contributed by atoms with van der Waals surface area (Å²) in [4.78, 5) is 8.37. The number of rotatable bonds is 9. The van der Waals surface area contributed by atoms with Crippen molar-refractivity contribution < 1.29 is 12.4 Å². The van der Waals surface area contributed by atoms with E-state index < -0.39 is 7.07 Å². The van der Waals surface area contributed by atoms with Gasteiger partial charge in [0.2, 0.25) is 0 Å². The molecule has 6 nitrogen and oxygen atoms in total. The van der Waals surface area contributed by atoms with Gasteiger partial charge in [0.1, 0.15) is 0 Å². The maximum absolute atomic E-state index is 8.43. The standard InChI is InChI=1S/C30H57ClN6P.ClH/c31-38(35-22-10-13-28(35)25-32-16-4-1-5-17-32,36-23-11-14-29(36)26-33-18-6-2-7-19-33)37-24-12-15-30(37)27-34-20-8-3-9-21-34;/h28-30H,1-27H2;1H/q+1;/p-1/t28-,29-,30-;/m0./s1. The van der Waals surface area contributed by atoms with Crippen LogP contribution in [0.1, 0.15) is 96.3 Å². The number of piperidine rings is 3. The normalized spacial score (nSPS) is 33.6. The maximum Gasteiger partial charge on any atom is 0.332 e. The Hall–Kier alpha value is 0.770. The zero-order chi connectivity index (χ0) is 25.8. The summed E-state index contributed by atoms with van der Waals surface area (Å²) in [6, 6.07) is 1.93. The van der Waals surface area contributed by atoms with Gasteiger partial charge in [0.15, 0.2) is 11.2 Å². The third kappa shape index (κ3) is 7.29. The summed E-state index contributed by atoms with van der Waals surface area (Å²) >= 11 is 8.43. The summed E-state index contributed by atoms with van der Waals surface area (Å²) in [5, 5.41) is 0. The summed E-state index contributed by atoms with van der Waals surface area (Å²) in [5.41, 5.74) is 0. The van der Waals surface area contributed by atoms with E-state index in [1.54, 1.807) is 0 Å². The second kappa shape index (κ2) is 15.0. The van der Waals surface area contributed by atoms with Crippen molar-refractivity contribution in [2.45, 2.75) is 114 Å². The van der Waals surface area contributed by atoms with Gasteiger partial charge in [0.25, 0.3) is 0 Å². The first-order valence-electron chi connectivity index (χ1n) is 16.8. The van der Waals surface area contributed by atoms with E-state index in [-0.39, 0.29) is 12.4 Å². The molecule has 0 N–H and O–H groups in total. The molecular formula is C30H57Cl2N6P. The second-order valence-electron chi connectivity index (χ2n) is 13.5. The molecule has 0 aromatic heterocycles. The smallest absolute Gasteiger partial charge is 0.332 e. The van der Waals surface area contributed by atoms with E-state index >= 15 is 0 Å². The average molecular weight is 604 g/mol. The first kappa shape index (κ1) is 31.2. The van der Waals surface area contributed by atoms with Gasteiger partial charge in [0.05, 0.1) is 18.1 Å². The van der Waals surface area contributed by atoms with Gasteiger partial charge in [-0.15, -0.1) is 14.0 Å². The second-order valence-corrected chi connectivity index (χ2v) is 17.3. The van der Waals surface area contributed by atoms with Crippen LogP contribution >= 0.6 is 18.3 Å². The molecule has 6 aliphatic rings. The van der Waals surface area contributed by atoms with Crippen LogP contribution in [0.3, 0.4) is 0 Å². The van der Waals surface area contributed by atoms with E-state index in [1.165, 1.54) is 175 Å². The molecule has 6 fully saturated rings.